The van der Waals surface area contributed by atoms with Gasteiger partial charge in [-0.3, -0.25) is 0 Å². The van der Waals surface area contributed by atoms with E-state index in [2.05, 4.69) is 64.2 Å². The summed E-state index contributed by atoms with van der Waals surface area (Å²) >= 11 is -0.708. The van der Waals surface area contributed by atoms with Crippen LogP contribution in [-0.4, -0.2) is 16.1 Å². The Labute approximate surface area is 231 Å². The Bertz CT molecular complexity index is 704. The number of hydrogen-bond donors (Lipinski definition) is 0. The molecular formula is C28H46Cl2Si2Zr. The first kappa shape index (κ1) is 30.1. The summed E-state index contributed by atoms with van der Waals surface area (Å²) < 4.78 is 0.980. The van der Waals surface area contributed by atoms with Crippen LogP contribution in [0, 0.1) is 0 Å². The quantitative estimate of drug-likeness (QED) is 0.301. The van der Waals surface area contributed by atoms with E-state index in [0.29, 0.717) is 6.25 Å². The van der Waals surface area contributed by atoms with E-state index < -0.39 is 39.4 Å². The third-order valence-corrected chi connectivity index (χ3v) is 25.6. The minimum Gasteiger partial charge on any atom is -1.00 e. The number of unbranched alkanes of at least 4 members (excludes halogenated alkanes) is 2. The van der Waals surface area contributed by atoms with Crippen LogP contribution in [0.4, 0.5) is 0 Å². The molecule has 0 nitrogen and oxygen atoms in total. The first-order valence-corrected chi connectivity index (χ1v) is 21.3. The molecular weight excluding hydrogens is 555 g/mol. The summed E-state index contributed by atoms with van der Waals surface area (Å²) in [6.07, 6.45) is 28.1. The Hall–Kier alpha value is 0.857. The molecule has 4 aliphatic rings. The SMILES string of the molecule is CCCC[C]1([Zr+2][C]2(CCCC)C=CC([Si]3(CC)CCC3)=C2)C=CC([Si]2(CC)CCC2)=C1.[Cl-].[Cl-]. The molecule has 0 radical (unpaired) electrons. The second-order valence-corrected chi connectivity index (χ2v) is 26.1. The van der Waals surface area contributed by atoms with Crippen molar-refractivity contribution in [3.05, 3.63) is 46.8 Å². The van der Waals surface area contributed by atoms with Crippen molar-refractivity contribution < 1.29 is 48.0 Å². The maximum Gasteiger partial charge on any atom is -1.00 e. The maximum absolute atomic E-state index is 2.92. The van der Waals surface area contributed by atoms with Crippen molar-refractivity contribution >= 4 is 16.1 Å². The molecule has 2 fully saturated rings. The molecule has 0 saturated carbocycles. The van der Waals surface area contributed by atoms with Crippen molar-refractivity contribution in [2.24, 2.45) is 0 Å². The molecule has 2 aliphatic carbocycles. The first-order chi connectivity index (χ1) is 15.0. The standard InChI is InChI=1S/2C14H23Si.2ClH.Zr/c2*1-3-5-7-13-8-9-14(12-13)15(4-2)10-6-11-15;;;/h2*8-9,12H,3-7,10-11H2,1-2H3;2*1H;/q;;;;+2/p-2. The summed E-state index contributed by atoms with van der Waals surface area (Å²) in [7, 11) is -2.18. The molecule has 2 atom stereocenters. The van der Waals surface area contributed by atoms with Crippen molar-refractivity contribution in [3.8, 4) is 0 Å². The van der Waals surface area contributed by atoms with Crippen LogP contribution in [0.1, 0.15) is 79.1 Å². The van der Waals surface area contributed by atoms with E-state index in [1.54, 1.807) is 24.2 Å². The van der Waals surface area contributed by atoms with E-state index >= 15 is 0 Å². The molecule has 33 heavy (non-hydrogen) atoms. The molecule has 2 unspecified atom stereocenters. The molecule has 0 spiro atoms. The number of hydrogen-bond acceptors (Lipinski definition) is 0. The zero-order valence-corrected chi connectivity index (χ0v) is 27.6. The minimum absolute atomic E-state index is 0. The third-order valence-electron chi connectivity index (χ3n) is 9.50. The smallest absolute Gasteiger partial charge is 1.00 e. The van der Waals surface area contributed by atoms with E-state index in [1.807, 2.05) is 10.4 Å². The van der Waals surface area contributed by atoms with Crippen LogP contribution in [-0.2, 0) is 23.2 Å². The molecule has 0 aromatic heterocycles. The fourth-order valence-electron chi connectivity index (χ4n) is 6.75. The minimum atomic E-state index is -1.09. The van der Waals surface area contributed by atoms with Gasteiger partial charge >= 0.3 is 208 Å². The molecule has 0 aromatic carbocycles. The Morgan fingerprint density at radius 2 is 1.09 bits per heavy atom. The van der Waals surface area contributed by atoms with Crippen LogP contribution < -0.4 is 24.8 Å². The average molecular weight is 601 g/mol. The normalized spacial score (nSPS) is 30.3. The van der Waals surface area contributed by atoms with Gasteiger partial charge in [0.25, 0.3) is 0 Å². The van der Waals surface area contributed by atoms with Gasteiger partial charge in [0.2, 0.25) is 0 Å². The summed E-state index contributed by atoms with van der Waals surface area (Å²) in [4.78, 5) is 0. The van der Waals surface area contributed by atoms with Crippen molar-refractivity contribution in [2.45, 2.75) is 122 Å². The predicted octanol–water partition coefficient (Wildman–Crippen LogP) is 3.59. The van der Waals surface area contributed by atoms with E-state index in [4.69, 9.17) is 0 Å². The first-order valence-electron chi connectivity index (χ1n) is 13.6. The van der Waals surface area contributed by atoms with Gasteiger partial charge in [0.15, 0.2) is 0 Å². The summed E-state index contributed by atoms with van der Waals surface area (Å²) in [5.41, 5.74) is 0. The second kappa shape index (κ2) is 12.4. The molecule has 2 saturated heterocycles. The Balaban J connectivity index is 0.00000193. The van der Waals surface area contributed by atoms with E-state index in [1.165, 1.54) is 63.5 Å². The summed E-state index contributed by atoms with van der Waals surface area (Å²) in [5.74, 6) is 0. The van der Waals surface area contributed by atoms with Crippen LogP contribution in [0.15, 0.2) is 46.8 Å². The largest absolute Gasteiger partial charge is 1.00 e. The molecule has 184 valence electrons. The van der Waals surface area contributed by atoms with Gasteiger partial charge in [-0.1, -0.05) is 0 Å². The molecule has 0 amide bonds. The van der Waals surface area contributed by atoms with Gasteiger partial charge in [0, 0.05) is 0 Å². The number of halogens is 2. The van der Waals surface area contributed by atoms with Gasteiger partial charge < -0.3 is 24.8 Å². The average Bonchev–Trinajstić information content (AvgIpc) is 3.31. The Morgan fingerprint density at radius 3 is 1.36 bits per heavy atom. The molecule has 0 bridgehead atoms. The maximum atomic E-state index is 2.92. The van der Waals surface area contributed by atoms with Gasteiger partial charge in [-0.15, -0.1) is 0 Å². The Kier molecular flexibility index (Phi) is 11.3. The van der Waals surface area contributed by atoms with E-state index in [9.17, 15) is 0 Å². The zero-order valence-electron chi connectivity index (χ0n) is 21.6. The predicted molar refractivity (Wildman–Crippen MR) is 140 cm³/mol. The number of allylic oxidation sites excluding steroid dienone is 8. The zero-order chi connectivity index (χ0) is 22.0. The molecule has 4 rings (SSSR count). The summed E-state index contributed by atoms with van der Waals surface area (Å²) in [6, 6.07) is 9.25. The van der Waals surface area contributed by atoms with Crippen molar-refractivity contribution in [1.29, 1.82) is 0 Å². The molecule has 5 heteroatoms. The summed E-state index contributed by atoms with van der Waals surface area (Å²) in [5, 5.41) is 3.77. The van der Waals surface area contributed by atoms with Crippen molar-refractivity contribution in [3.63, 3.8) is 0 Å². The van der Waals surface area contributed by atoms with Crippen molar-refractivity contribution in [1.82, 2.24) is 0 Å². The molecule has 0 aromatic rings. The second-order valence-electron chi connectivity index (χ2n) is 11.3. The van der Waals surface area contributed by atoms with E-state index in [-0.39, 0.29) is 24.8 Å². The van der Waals surface area contributed by atoms with Gasteiger partial charge in [-0.2, -0.15) is 0 Å². The fraction of sp³-hybridized carbons (Fsp3) is 0.714. The van der Waals surface area contributed by atoms with Crippen LogP contribution >= 0.6 is 0 Å². The Morgan fingerprint density at radius 1 is 0.697 bits per heavy atom. The fourth-order valence-corrected chi connectivity index (χ4v) is 20.8. The van der Waals surface area contributed by atoms with Crippen LogP contribution in [0.25, 0.3) is 0 Å². The number of rotatable bonds is 12. The topological polar surface area (TPSA) is 0 Å². The van der Waals surface area contributed by atoms with Crippen LogP contribution in [0.3, 0.4) is 0 Å². The van der Waals surface area contributed by atoms with Crippen LogP contribution in [0.5, 0.6) is 0 Å². The molecule has 0 N–H and O–H groups in total. The van der Waals surface area contributed by atoms with E-state index in [0.717, 1.165) is 0 Å². The molecule has 2 aliphatic heterocycles. The third kappa shape index (κ3) is 5.89. The molecule has 2 heterocycles. The van der Waals surface area contributed by atoms with Gasteiger partial charge in [-0.25, -0.2) is 0 Å². The summed E-state index contributed by atoms with van der Waals surface area (Å²) in [6.45, 7) is 9.78. The van der Waals surface area contributed by atoms with Gasteiger partial charge in [0.1, 0.15) is 0 Å². The van der Waals surface area contributed by atoms with Gasteiger partial charge in [-0.05, 0) is 0 Å². The monoisotopic (exact) mass is 598 g/mol. The van der Waals surface area contributed by atoms with Gasteiger partial charge in [0.05, 0.1) is 0 Å². The van der Waals surface area contributed by atoms with Crippen molar-refractivity contribution in [2.75, 3.05) is 0 Å². The van der Waals surface area contributed by atoms with Crippen LogP contribution in [0.2, 0.25) is 42.5 Å².